The van der Waals surface area contributed by atoms with Gasteiger partial charge >= 0.3 is 5.97 Å². The van der Waals surface area contributed by atoms with Crippen molar-refractivity contribution in [3.05, 3.63) is 96.1 Å². The van der Waals surface area contributed by atoms with Crippen LogP contribution in [0.25, 0.3) is 33.5 Å². The summed E-state index contributed by atoms with van der Waals surface area (Å²) in [6.45, 7) is 0. The van der Waals surface area contributed by atoms with Crippen molar-refractivity contribution >= 4 is 28.1 Å². The van der Waals surface area contributed by atoms with Crippen molar-refractivity contribution in [3.63, 3.8) is 0 Å². The molecule has 36 heavy (non-hydrogen) atoms. The van der Waals surface area contributed by atoms with Gasteiger partial charge in [-0.1, -0.05) is 18.2 Å². The standard InChI is InChI=1S/C20H13FN4O2.C6H6O2S.H2/c1-27-20(26)15-9-17(13-4-6-23-19-14(13)5-7-24-19)25-18(15)11-2-3-16(21)12(8-11)10-22;7-9(8)6-4-2-1-3-5-6;/h2-9,25H,1H3,(H,23,24);1-5H,(H,7,8);1H. The molecule has 10 heteroatoms. The van der Waals surface area contributed by atoms with E-state index in [0.717, 1.165) is 16.6 Å². The van der Waals surface area contributed by atoms with E-state index < -0.39 is 22.9 Å². The number of nitriles is 1. The number of H-pyrrole nitrogens is 2. The zero-order valence-corrected chi connectivity index (χ0v) is 19.7. The van der Waals surface area contributed by atoms with Crippen LogP contribution < -0.4 is 0 Å². The SMILES string of the molecule is COC(=O)c1cc(-c2ccnc3[nH]ccc23)[nH]c1-c1ccc(F)c(C#N)c1.O=S(O)c1ccccc1.[HH]. The van der Waals surface area contributed by atoms with Gasteiger partial charge in [-0.15, -0.1) is 0 Å². The fraction of sp³-hybridized carbons (Fsp3) is 0.0385. The summed E-state index contributed by atoms with van der Waals surface area (Å²) < 4.78 is 37.4. The van der Waals surface area contributed by atoms with Crippen molar-refractivity contribution in [2.24, 2.45) is 0 Å². The Balaban J connectivity index is 0.000000324. The molecule has 0 aliphatic rings. The second kappa shape index (κ2) is 10.8. The molecule has 0 radical (unpaired) electrons. The summed E-state index contributed by atoms with van der Waals surface area (Å²) in [5.74, 6) is -1.15. The smallest absolute Gasteiger partial charge is 0.340 e. The normalized spacial score (nSPS) is 11.3. The number of hydrogen-bond acceptors (Lipinski definition) is 5. The van der Waals surface area contributed by atoms with Gasteiger partial charge in [-0.05, 0) is 48.5 Å². The largest absolute Gasteiger partial charge is 0.465 e. The van der Waals surface area contributed by atoms with E-state index in [1.165, 1.54) is 25.3 Å². The van der Waals surface area contributed by atoms with Gasteiger partial charge < -0.3 is 19.3 Å². The molecule has 1 unspecified atom stereocenters. The van der Waals surface area contributed by atoms with Crippen LogP contribution >= 0.6 is 0 Å². The zero-order chi connectivity index (χ0) is 25.7. The van der Waals surface area contributed by atoms with Gasteiger partial charge in [0.15, 0.2) is 11.1 Å². The molecule has 0 amide bonds. The number of benzene rings is 2. The van der Waals surface area contributed by atoms with Crippen LogP contribution in [0.4, 0.5) is 4.39 Å². The fourth-order valence-electron chi connectivity index (χ4n) is 3.60. The number of methoxy groups -OCH3 is 1. The van der Waals surface area contributed by atoms with E-state index in [4.69, 9.17) is 14.6 Å². The lowest BCUT2D eigenvalue weighted by molar-refractivity contribution is 0.0602. The van der Waals surface area contributed by atoms with E-state index in [2.05, 4.69) is 15.0 Å². The molecule has 2 aromatic carbocycles. The third-order valence-electron chi connectivity index (χ3n) is 5.29. The Morgan fingerprint density at radius 1 is 1.17 bits per heavy atom. The number of ether oxygens (including phenoxy) is 1. The van der Waals surface area contributed by atoms with Gasteiger partial charge in [0, 0.05) is 36.0 Å². The maximum absolute atomic E-state index is 13.7. The van der Waals surface area contributed by atoms with Gasteiger partial charge in [-0.25, -0.2) is 18.4 Å². The molecule has 0 bridgehead atoms. The van der Waals surface area contributed by atoms with Crippen LogP contribution in [0.15, 0.2) is 84.0 Å². The number of aromatic nitrogens is 3. The van der Waals surface area contributed by atoms with Crippen LogP contribution in [-0.4, -0.2) is 36.8 Å². The Morgan fingerprint density at radius 2 is 1.94 bits per heavy atom. The molecule has 3 heterocycles. The summed E-state index contributed by atoms with van der Waals surface area (Å²) in [7, 11) is 1.29. The summed E-state index contributed by atoms with van der Waals surface area (Å²) in [6.07, 6.45) is 3.45. The monoisotopic (exact) mass is 504 g/mol. The van der Waals surface area contributed by atoms with Crippen LogP contribution in [0.2, 0.25) is 0 Å². The first kappa shape index (κ1) is 24.5. The topological polar surface area (TPSA) is 132 Å². The highest BCUT2D eigenvalue weighted by Gasteiger charge is 2.20. The molecule has 0 spiro atoms. The minimum Gasteiger partial charge on any atom is -0.465 e. The van der Waals surface area contributed by atoms with Crippen LogP contribution in [-0.2, 0) is 15.8 Å². The highest BCUT2D eigenvalue weighted by atomic mass is 32.2. The Morgan fingerprint density at radius 3 is 2.61 bits per heavy atom. The fourth-order valence-corrected chi connectivity index (χ4v) is 3.99. The third-order valence-corrected chi connectivity index (χ3v) is 5.97. The molecule has 8 nitrogen and oxygen atoms in total. The van der Waals surface area contributed by atoms with Gasteiger partial charge in [0.25, 0.3) is 0 Å². The lowest BCUT2D eigenvalue weighted by Crippen LogP contribution is -2.01. The Labute approximate surface area is 209 Å². The number of fused-ring (bicyclic) bond motifs is 1. The van der Waals surface area contributed by atoms with E-state index in [1.807, 2.05) is 18.2 Å². The highest BCUT2D eigenvalue weighted by Crippen LogP contribution is 2.33. The first-order valence-corrected chi connectivity index (χ1v) is 11.6. The minimum absolute atomic E-state index is 0. The number of carbonyl (C=O) groups is 1. The summed E-state index contributed by atoms with van der Waals surface area (Å²) in [6, 6.07) is 19.8. The number of nitrogens with zero attached hydrogens (tertiary/aromatic N) is 2. The Bertz CT molecular complexity index is 1610. The molecule has 0 aliphatic carbocycles. The lowest BCUT2D eigenvalue weighted by Gasteiger charge is -2.04. The van der Waals surface area contributed by atoms with Crippen molar-refractivity contribution in [2.45, 2.75) is 4.90 Å². The number of nitrogens with one attached hydrogen (secondary N) is 2. The second-order valence-electron chi connectivity index (χ2n) is 7.43. The van der Waals surface area contributed by atoms with Crippen LogP contribution in [0, 0.1) is 17.1 Å². The van der Waals surface area contributed by atoms with Gasteiger partial charge in [0.1, 0.15) is 17.5 Å². The first-order chi connectivity index (χ1) is 17.4. The number of hydrogen-bond donors (Lipinski definition) is 3. The number of aromatic amines is 2. The molecule has 3 aromatic heterocycles. The number of pyridine rings is 1. The summed E-state index contributed by atoms with van der Waals surface area (Å²) in [4.78, 5) is 23.2. The summed E-state index contributed by atoms with van der Waals surface area (Å²) in [5.41, 5.74) is 3.41. The van der Waals surface area contributed by atoms with Crippen molar-refractivity contribution in [1.29, 1.82) is 5.26 Å². The van der Waals surface area contributed by atoms with Gasteiger partial charge in [-0.3, -0.25) is 0 Å². The summed E-state index contributed by atoms with van der Waals surface area (Å²) >= 11 is -1.83. The second-order valence-corrected chi connectivity index (χ2v) is 8.40. The Kier molecular flexibility index (Phi) is 7.34. The van der Waals surface area contributed by atoms with Gasteiger partial charge in [-0.2, -0.15) is 5.26 Å². The average Bonchev–Trinajstić information content (AvgIpc) is 3.57. The number of esters is 1. The van der Waals surface area contributed by atoms with Crippen LogP contribution in [0.1, 0.15) is 17.3 Å². The first-order valence-electron chi connectivity index (χ1n) is 10.5. The molecule has 0 saturated carbocycles. The molecule has 0 saturated heterocycles. The van der Waals surface area contributed by atoms with Crippen LogP contribution in [0.5, 0.6) is 0 Å². The van der Waals surface area contributed by atoms with Crippen molar-refractivity contribution in [3.8, 4) is 28.6 Å². The van der Waals surface area contributed by atoms with Gasteiger partial charge in [0.05, 0.1) is 28.8 Å². The third kappa shape index (κ3) is 5.07. The molecule has 182 valence electrons. The molecule has 5 rings (SSSR count). The quantitative estimate of drug-likeness (QED) is 0.218. The molecular weight excluding hydrogens is 483 g/mol. The highest BCUT2D eigenvalue weighted by molar-refractivity contribution is 7.79. The number of carbonyl (C=O) groups excluding carboxylic acids is 1. The zero-order valence-electron chi connectivity index (χ0n) is 18.9. The number of rotatable bonds is 4. The van der Waals surface area contributed by atoms with Crippen molar-refractivity contribution in [1.82, 2.24) is 15.0 Å². The van der Waals surface area contributed by atoms with E-state index >= 15 is 0 Å². The van der Waals surface area contributed by atoms with E-state index in [1.54, 1.807) is 48.8 Å². The van der Waals surface area contributed by atoms with Crippen molar-refractivity contribution in [2.75, 3.05) is 7.11 Å². The van der Waals surface area contributed by atoms with E-state index in [0.29, 0.717) is 27.4 Å². The lowest BCUT2D eigenvalue weighted by atomic mass is 10.0. The van der Waals surface area contributed by atoms with Gasteiger partial charge in [0.2, 0.25) is 0 Å². The molecule has 1 atom stereocenters. The van der Waals surface area contributed by atoms with Crippen molar-refractivity contribution < 1.29 is 24.1 Å². The maximum Gasteiger partial charge on any atom is 0.340 e. The Hall–Kier alpha value is -4.59. The number of halogens is 1. The molecule has 3 N–H and O–H groups in total. The van der Waals surface area contributed by atoms with E-state index in [-0.39, 0.29) is 6.99 Å². The van der Waals surface area contributed by atoms with Crippen LogP contribution in [0.3, 0.4) is 0 Å². The molecule has 5 aromatic rings. The minimum atomic E-state index is -1.83. The maximum atomic E-state index is 13.7. The summed E-state index contributed by atoms with van der Waals surface area (Å²) in [5, 5.41) is 9.98. The predicted molar refractivity (Wildman–Crippen MR) is 135 cm³/mol. The molecular formula is C26H21FN4O4S. The molecule has 0 fully saturated rings. The van der Waals surface area contributed by atoms with E-state index in [9.17, 15) is 13.4 Å². The predicted octanol–water partition coefficient (Wildman–Crippen LogP) is 5.54. The average molecular weight is 505 g/mol. The molecule has 0 aliphatic heterocycles.